The van der Waals surface area contributed by atoms with Gasteiger partial charge in [-0.05, 0) is 30.2 Å². The SMILES string of the molecule is CCCC[C@H](NC(=O)c1nc2ccccc2[nH]c1=O)c1cccnc1. The summed E-state index contributed by atoms with van der Waals surface area (Å²) in [7, 11) is 0. The summed E-state index contributed by atoms with van der Waals surface area (Å²) in [5, 5.41) is 2.93. The summed E-state index contributed by atoms with van der Waals surface area (Å²) in [6.07, 6.45) is 6.18. The van der Waals surface area contributed by atoms with Gasteiger partial charge in [0.15, 0.2) is 5.69 Å². The van der Waals surface area contributed by atoms with Gasteiger partial charge in [-0.1, -0.05) is 38.0 Å². The van der Waals surface area contributed by atoms with Gasteiger partial charge < -0.3 is 10.3 Å². The quantitative estimate of drug-likeness (QED) is 0.724. The molecule has 0 bridgehead atoms. The molecular formula is C19H20N4O2. The molecule has 0 fully saturated rings. The van der Waals surface area contributed by atoms with E-state index in [2.05, 4.69) is 27.2 Å². The molecule has 0 radical (unpaired) electrons. The number of hydrogen-bond donors (Lipinski definition) is 2. The molecule has 6 nitrogen and oxygen atoms in total. The van der Waals surface area contributed by atoms with E-state index in [4.69, 9.17) is 0 Å². The number of pyridine rings is 1. The molecule has 1 amide bonds. The molecule has 6 heteroatoms. The molecule has 2 aromatic heterocycles. The van der Waals surface area contributed by atoms with Gasteiger partial charge in [-0.25, -0.2) is 4.98 Å². The van der Waals surface area contributed by atoms with Crippen molar-refractivity contribution in [2.45, 2.75) is 32.2 Å². The zero-order valence-electron chi connectivity index (χ0n) is 14.0. The molecule has 3 aromatic rings. The number of benzene rings is 1. The molecule has 2 N–H and O–H groups in total. The lowest BCUT2D eigenvalue weighted by molar-refractivity contribution is 0.0927. The molecule has 0 saturated heterocycles. The van der Waals surface area contributed by atoms with E-state index >= 15 is 0 Å². The van der Waals surface area contributed by atoms with Gasteiger partial charge in [-0.3, -0.25) is 14.6 Å². The van der Waals surface area contributed by atoms with Crippen molar-refractivity contribution in [1.82, 2.24) is 20.3 Å². The zero-order chi connectivity index (χ0) is 17.6. The van der Waals surface area contributed by atoms with Crippen molar-refractivity contribution in [2.75, 3.05) is 0 Å². The van der Waals surface area contributed by atoms with Crippen LogP contribution in [0.25, 0.3) is 11.0 Å². The van der Waals surface area contributed by atoms with E-state index < -0.39 is 11.5 Å². The first-order chi connectivity index (χ1) is 12.2. The summed E-state index contributed by atoms with van der Waals surface area (Å²) in [5.74, 6) is -0.475. The second kappa shape index (κ2) is 7.70. The van der Waals surface area contributed by atoms with Crippen LogP contribution >= 0.6 is 0 Å². The van der Waals surface area contributed by atoms with E-state index in [-0.39, 0.29) is 11.7 Å². The number of nitrogens with zero attached hydrogens (tertiary/aromatic N) is 2. The van der Waals surface area contributed by atoms with Crippen molar-refractivity contribution >= 4 is 16.9 Å². The van der Waals surface area contributed by atoms with Crippen LogP contribution in [0.4, 0.5) is 0 Å². The second-order valence-electron chi connectivity index (χ2n) is 5.89. The third-order valence-electron chi connectivity index (χ3n) is 4.05. The molecule has 0 aliphatic rings. The molecule has 0 aliphatic carbocycles. The highest BCUT2D eigenvalue weighted by Gasteiger charge is 2.19. The van der Waals surface area contributed by atoms with E-state index in [1.807, 2.05) is 24.3 Å². The highest BCUT2D eigenvalue weighted by atomic mass is 16.2. The molecule has 1 aromatic carbocycles. The number of nitrogens with one attached hydrogen (secondary N) is 2. The number of H-pyrrole nitrogens is 1. The van der Waals surface area contributed by atoms with E-state index in [0.717, 1.165) is 24.8 Å². The maximum Gasteiger partial charge on any atom is 0.280 e. The summed E-state index contributed by atoms with van der Waals surface area (Å²) >= 11 is 0. The van der Waals surface area contributed by atoms with Crippen LogP contribution in [-0.2, 0) is 0 Å². The minimum absolute atomic E-state index is 0.121. The molecule has 2 heterocycles. The number of para-hydroxylation sites is 2. The fourth-order valence-electron chi connectivity index (χ4n) is 2.72. The summed E-state index contributed by atoms with van der Waals surface area (Å²) in [6.45, 7) is 2.09. The Morgan fingerprint density at radius 2 is 2.08 bits per heavy atom. The fraction of sp³-hybridized carbons (Fsp3) is 0.263. The van der Waals surface area contributed by atoms with Crippen LogP contribution in [0, 0.1) is 0 Å². The van der Waals surface area contributed by atoms with Crippen LogP contribution in [0.3, 0.4) is 0 Å². The molecule has 0 aliphatic heterocycles. The van der Waals surface area contributed by atoms with Crippen molar-refractivity contribution in [2.24, 2.45) is 0 Å². The Bertz CT molecular complexity index is 921. The lowest BCUT2D eigenvalue weighted by atomic mass is 10.0. The first kappa shape index (κ1) is 16.8. The zero-order valence-corrected chi connectivity index (χ0v) is 14.0. The smallest absolute Gasteiger partial charge is 0.280 e. The van der Waals surface area contributed by atoms with Gasteiger partial charge in [0.1, 0.15) is 0 Å². The van der Waals surface area contributed by atoms with Gasteiger partial charge in [0.05, 0.1) is 17.1 Å². The predicted molar refractivity (Wildman–Crippen MR) is 96.3 cm³/mol. The minimum atomic E-state index is -0.489. The molecule has 25 heavy (non-hydrogen) atoms. The van der Waals surface area contributed by atoms with Gasteiger partial charge in [0.25, 0.3) is 11.5 Å². The standard InChI is InChI=1S/C19H20N4O2/c1-2-3-8-14(13-7-6-11-20-12-13)22-18(24)17-19(25)23-16-10-5-4-9-15(16)21-17/h4-7,9-12,14H,2-3,8H2,1H3,(H,22,24)(H,23,25)/t14-/m0/s1. The number of aromatic nitrogens is 3. The van der Waals surface area contributed by atoms with Crippen LogP contribution in [0.2, 0.25) is 0 Å². The van der Waals surface area contributed by atoms with E-state index in [9.17, 15) is 9.59 Å². The third-order valence-corrected chi connectivity index (χ3v) is 4.05. The molecule has 1 atom stereocenters. The first-order valence-electron chi connectivity index (χ1n) is 8.39. The number of aromatic amines is 1. The highest BCUT2D eigenvalue weighted by Crippen LogP contribution is 2.19. The Hall–Kier alpha value is -3.02. The Morgan fingerprint density at radius 1 is 1.24 bits per heavy atom. The van der Waals surface area contributed by atoms with Crippen molar-refractivity contribution in [3.63, 3.8) is 0 Å². The van der Waals surface area contributed by atoms with Gasteiger partial charge in [0.2, 0.25) is 0 Å². The van der Waals surface area contributed by atoms with E-state index in [1.165, 1.54) is 0 Å². The lowest BCUT2D eigenvalue weighted by Crippen LogP contribution is -2.34. The van der Waals surface area contributed by atoms with Gasteiger partial charge >= 0.3 is 0 Å². The van der Waals surface area contributed by atoms with Gasteiger partial charge in [0, 0.05) is 12.4 Å². The van der Waals surface area contributed by atoms with E-state index in [1.54, 1.807) is 24.5 Å². The molecule has 0 saturated carbocycles. The normalized spacial score (nSPS) is 12.0. The topological polar surface area (TPSA) is 87.7 Å². The lowest BCUT2D eigenvalue weighted by Gasteiger charge is -2.18. The number of hydrogen-bond acceptors (Lipinski definition) is 4. The average molecular weight is 336 g/mol. The number of fused-ring (bicyclic) bond motifs is 1. The molecule has 0 unspecified atom stereocenters. The average Bonchev–Trinajstić information content (AvgIpc) is 2.65. The van der Waals surface area contributed by atoms with Crippen molar-refractivity contribution < 1.29 is 4.79 Å². The number of rotatable bonds is 6. The van der Waals surface area contributed by atoms with Gasteiger partial charge in [-0.15, -0.1) is 0 Å². The fourth-order valence-corrected chi connectivity index (χ4v) is 2.72. The second-order valence-corrected chi connectivity index (χ2v) is 5.89. The number of amides is 1. The maximum atomic E-state index is 12.6. The Labute approximate surface area is 145 Å². The Kier molecular flexibility index (Phi) is 5.18. The van der Waals surface area contributed by atoms with Crippen LogP contribution in [-0.4, -0.2) is 20.9 Å². The van der Waals surface area contributed by atoms with Crippen LogP contribution < -0.4 is 10.9 Å². The first-order valence-corrected chi connectivity index (χ1v) is 8.39. The summed E-state index contributed by atoms with van der Waals surface area (Å²) in [6, 6.07) is 10.7. The number of carbonyl (C=O) groups excluding carboxylic acids is 1. The monoisotopic (exact) mass is 336 g/mol. The van der Waals surface area contributed by atoms with Crippen molar-refractivity contribution in [1.29, 1.82) is 0 Å². The maximum absolute atomic E-state index is 12.6. The minimum Gasteiger partial charge on any atom is -0.344 e. The molecular weight excluding hydrogens is 316 g/mol. The molecule has 0 spiro atoms. The van der Waals surface area contributed by atoms with Crippen LogP contribution in [0.1, 0.15) is 48.3 Å². The van der Waals surface area contributed by atoms with Gasteiger partial charge in [-0.2, -0.15) is 0 Å². The summed E-state index contributed by atoms with van der Waals surface area (Å²) < 4.78 is 0. The third kappa shape index (κ3) is 3.91. The van der Waals surface area contributed by atoms with Crippen LogP contribution in [0.15, 0.2) is 53.6 Å². The number of unbranched alkanes of at least 4 members (excludes halogenated alkanes) is 1. The predicted octanol–water partition coefficient (Wildman–Crippen LogP) is 2.98. The highest BCUT2D eigenvalue weighted by molar-refractivity contribution is 5.93. The largest absolute Gasteiger partial charge is 0.344 e. The number of carbonyl (C=O) groups is 1. The molecule has 128 valence electrons. The molecule has 3 rings (SSSR count). The van der Waals surface area contributed by atoms with Crippen LogP contribution in [0.5, 0.6) is 0 Å². The van der Waals surface area contributed by atoms with Crippen molar-refractivity contribution in [3.05, 3.63) is 70.4 Å². The Morgan fingerprint density at radius 3 is 2.84 bits per heavy atom. The van der Waals surface area contributed by atoms with E-state index in [0.29, 0.717) is 11.0 Å². The Balaban J connectivity index is 1.88. The van der Waals surface area contributed by atoms with Crippen molar-refractivity contribution in [3.8, 4) is 0 Å². The summed E-state index contributed by atoms with van der Waals surface area (Å²) in [5.41, 5.74) is 1.50. The summed E-state index contributed by atoms with van der Waals surface area (Å²) in [4.78, 5) is 35.9.